The fourth-order valence-electron chi connectivity index (χ4n) is 4.59. The van der Waals surface area contributed by atoms with Crippen molar-refractivity contribution in [1.82, 2.24) is 34.9 Å². The zero-order valence-corrected chi connectivity index (χ0v) is 17.6. The molecule has 1 saturated heterocycles. The van der Waals surface area contributed by atoms with Crippen molar-refractivity contribution in [3.63, 3.8) is 0 Å². The van der Waals surface area contributed by atoms with Gasteiger partial charge < -0.3 is 10.2 Å². The van der Waals surface area contributed by atoms with Gasteiger partial charge in [0.2, 0.25) is 11.9 Å². The fraction of sp³-hybridized carbons (Fsp3) is 0.667. The maximum absolute atomic E-state index is 12.3. The highest BCUT2D eigenvalue weighted by atomic mass is 16.1. The molecule has 2 aliphatic rings. The van der Waals surface area contributed by atoms with Crippen LogP contribution in [0.25, 0.3) is 0 Å². The summed E-state index contributed by atoms with van der Waals surface area (Å²) in [6, 6.07) is 2.18. The van der Waals surface area contributed by atoms with Gasteiger partial charge in [0.25, 0.3) is 0 Å². The summed E-state index contributed by atoms with van der Waals surface area (Å²) in [5.41, 5.74) is 0. The van der Waals surface area contributed by atoms with E-state index >= 15 is 0 Å². The first-order valence-electron chi connectivity index (χ1n) is 11.1. The standard InChI is InChI=1S/C21H32N8O/c30-20(6-2-9-29-17-22-16-25-29)26-19-5-1-4-18(14-19)15-27-10-12-28(13-11-27)21-23-7-3-8-24-21/h3,7-8,16-19H,1-2,4-6,9-15H2,(H,26,30)/t18-,19+/m1/s1. The Kier molecular flexibility index (Phi) is 7.23. The van der Waals surface area contributed by atoms with E-state index in [1.165, 1.54) is 19.2 Å². The van der Waals surface area contributed by atoms with Crippen LogP contribution >= 0.6 is 0 Å². The highest BCUT2D eigenvalue weighted by Gasteiger charge is 2.26. The van der Waals surface area contributed by atoms with Crippen molar-refractivity contribution in [1.29, 1.82) is 0 Å². The molecule has 4 rings (SSSR count). The number of amides is 1. The van der Waals surface area contributed by atoms with Crippen LogP contribution < -0.4 is 10.2 Å². The van der Waals surface area contributed by atoms with Crippen LogP contribution in [-0.4, -0.2) is 74.3 Å². The predicted molar refractivity (Wildman–Crippen MR) is 114 cm³/mol. The van der Waals surface area contributed by atoms with Gasteiger partial charge >= 0.3 is 0 Å². The van der Waals surface area contributed by atoms with Gasteiger partial charge in [-0.25, -0.2) is 15.0 Å². The van der Waals surface area contributed by atoms with Gasteiger partial charge in [0.15, 0.2) is 0 Å². The summed E-state index contributed by atoms with van der Waals surface area (Å²) in [7, 11) is 0. The summed E-state index contributed by atoms with van der Waals surface area (Å²) in [5.74, 6) is 1.66. The first kappa shape index (κ1) is 20.7. The van der Waals surface area contributed by atoms with Crippen LogP contribution in [-0.2, 0) is 11.3 Å². The quantitative estimate of drug-likeness (QED) is 0.700. The maximum Gasteiger partial charge on any atom is 0.225 e. The molecule has 1 saturated carbocycles. The van der Waals surface area contributed by atoms with Crippen LogP contribution in [0.2, 0.25) is 0 Å². The molecule has 30 heavy (non-hydrogen) atoms. The molecule has 0 radical (unpaired) electrons. The number of nitrogens with zero attached hydrogens (tertiary/aromatic N) is 7. The lowest BCUT2D eigenvalue weighted by molar-refractivity contribution is -0.122. The molecule has 0 bridgehead atoms. The molecule has 0 unspecified atom stereocenters. The lowest BCUT2D eigenvalue weighted by atomic mass is 9.85. The van der Waals surface area contributed by atoms with Crippen LogP contribution in [0.3, 0.4) is 0 Å². The lowest BCUT2D eigenvalue weighted by Gasteiger charge is -2.38. The van der Waals surface area contributed by atoms with Gasteiger partial charge in [-0.15, -0.1) is 0 Å². The van der Waals surface area contributed by atoms with Crippen molar-refractivity contribution < 1.29 is 4.79 Å². The Morgan fingerprint density at radius 3 is 2.73 bits per heavy atom. The monoisotopic (exact) mass is 412 g/mol. The molecule has 0 aromatic carbocycles. The second-order valence-electron chi connectivity index (χ2n) is 8.40. The topological polar surface area (TPSA) is 92.1 Å². The van der Waals surface area contributed by atoms with Crippen LogP contribution in [0.1, 0.15) is 38.5 Å². The van der Waals surface area contributed by atoms with Crippen molar-refractivity contribution in [3.05, 3.63) is 31.1 Å². The number of carbonyl (C=O) groups is 1. The van der Waals surface area contributed by atoms with Gasteiger partial charge in [-0.3, -0.25) is 14.4 Å². The molecule has 9 heteroatoms. The first-order valence-corrected chi connectivity index (χ1v) is 11.1. The third-order valence-corrected chi connectivity index (χ3v) is 6.13. The number of aryl methyl sites for hydroxylation is 1. The van der Waals surface area contributed by atoms with Crippen molar-refractivity contribution in [3.8, 4) is 0 Å². The largest absolute Gasteiger partial charge is 0.353 e. The Morgan fingerprint density at radius 2 is 1.97 bits per heavy atom. The number of piperazine rings is 1. The number of aromatic nitrogens is 5. The van der Waals surface area contributed by atoms with E-state index in [-0.39, 0.29) is 5.91 Å². The zero-order chi connectivity index (χ0) is 20.6. The van der Waals surface area contributed by atoms with E-state index in [2.05, 4.69) is 35.2 Å². The summed E-state index contributed by atoms with van der Waals surface area (Å²) in [5, 5.41) is 7.34. The van der Waals surface area contributed by atoms with E-state index in [1.807, 2.05) is 6.07 Å². The molecule has 2 fully saturated rings. The van der Waals surface area contributed by atoms with Crippen molar-refractivity contribution >= 4 is 11.9 Å². The van der Waals surface area contributed by atoms with Crippen LogP contribution in [0.4, 0.5) is 5.95 Å². The van der Waals surface area contributed by atoms with E-state index < -0.39 is 0 Å². The van der Waals surface area contributed by atoms with Crippen LogP contribution in [0.15, 0.2) is 31.1 Å². The minimum Gasteiger partial charge on any atom is -0.353 e. The zero-order valence-electron chi connectivity index (χ0n) is 17.6. The molecular formula is C21H32N8O. The summed E-state index contributed by atoms with van der Waals surface area (Å²) in [4.78, 5) is 29.8. The van der Waals surface area contributed by atoms with E-state index in [4.69, 9.17) is 0 Å². The minimum atomic E-state index is 0.164. The summed E-state index contributed by atoms with van der Waals surface area (Å²) >= 11 is 0. The summed E-state index contributed by atoms with van der Waals surface area (Å²) in [6.07, 6.45) is 12.8. The number of hydrogen-bond donors (Lipinski definition) is 1. The molecule has 1 aliphatic heterocycles. The number of nitrogens with one attached hydrogen (secondary N) is 1. The average Bonchev–Trinajstić information content (AvgIpc) is 3.29. The number of hydrogen-bond acceptors (Lipinski definition) is 7. The average molecular weight is 413 g/mol. The molecule has 1 amide bonds. The molecule has 0 spiro atoms. The molecular weight excluding hydrogens is 380 g/mol. The van der Waals surface area contributed by atoms with E-state index in [0.29, 0.717) is 18.4 Å². The molecule has 2 aromatic heterocycles. The van der Waals surface area contributed by atoms with E-state index in [0.717, 1.165) is 64.5 Å². The maximum atomic E-state index is 12.3. The molecule has 9 nitrogen and oxygen atoms in total. The van der Waals surface area contributed by atoms with Gasteiger partial charge in [-0.2, -0.15) is 5.10 Å². The van der Waals surface area contributed by atoms with Gasteiger partial charge in [0.1, 0.15) is 12.7 Å². The highest BCUT2D eigenvalue weighted by molar-refractivity contribution is 5.76. The third-order valence-electron chi connectivity index (χ3n) is 6.13. The van der Waals surface area contributed by atoms with Crippen LogP contribution in [0, 0.1) is 5.92 Å². The molecule has 3 heterocycles. The molecule has 1 aliphatic carbocycles. The van der Waals surface area contributed by atoms with E-state index in [9.17, 15) is 4.79 Å². The molecule has 162 valence electrons. The summed E-state index contributed by atoms with van der Waals surface area (Å²) in [6.45, 7) is 5.91. The van der Waals surface area contributed by atoms with Gasteiger partial charge in [0.05, 0.1) is 0 Å². The summed E-state index contributed by atoms with van der Waals surface area (Å²) < 4.78 is 1.77. The smallest absolute Gasteiger partial charge is 0.225 e. The second-order valence-corrected chi connectivity index (χ2v) is 8.40. The molecule has 2 aromatic rings. The Bertz CT molecular complexity index is 761. The highest BCUT2D eigenvalue weighted by Crippen LogP contribution is 2.26. The Morgan fingerprint density at radius 1 is 1.13 bits per heavy atom. The van der Waals surface area contributed by atoms with Crippen molar-refractivity contribution in [2.45, 2.75) is 51.1 Å². The first-order chi connectivity index (χ1) is 14.8. The second kappa shape index (κ2) is 10.5. The fourth-order valence-corrected chi connectivity index (χ4v) is 4.59. The SMILES string of the molecule is O=C(CCCn1cncn1)N[C@H]1CCC[C@@H](CN2CCN(c3ncccn3)CC2)C1. The Balaban J connectivity index is 1.15. The third kappa shape index (κ3) is 5.98. The van der Waals surface area contributed by atoms with Gasteiger partial charge in [-0.1, -0.05) is 6.42 Å². The van der Waals surface area contributed by atoms with Crippen LogP contribution in [0.5, 0.6) is 0 Å². The number of anilines is 1. The van der Waals surface area contributed by atoms with E-state index in [1.54, 1.807) is 23.4 Å². The lowest BCUT2D eigenvalue weighted by Crippen LogP contribution is -2.49. The minimum absolute atomic E-state index is 0.164. The van der Waals surface area contributed by atoms with Crippen molar-refractivity contribution in [2.24, 2.45) is 5.92 Å². The van der Waals surface area contributed by atoms with Crippen molar-refractivity contribution in [2.75, 3.05) is 37.6 Å². The Labute approximate surface area is 177 Å². The Hall–Kier alpha value is -2.55. The van der Waals surface area contributed by atoms with Gasteiger partial charge in [0, 0.05) is 64.1 Å². The number of rotatable bonds is 8. The molecule has 2 atom stereocenters. The van der Waals surface area contributed by atoms with Gasteiger partial charge in [-0.05, 0) is 37.7 Å². The number of carbonyl (C=O) groups excluding carboxylic acids is 1. The molecule has 1 N–H and O–H groups in total. The predicted octanol–water partition coefficient (Wildman–Crippen LogP) is 1.35. The normalized spacial score (nSPS) is 22.7.